The van der Waals surface area contributed by atoms with E-state index in [1.165, 1.54) is 0 Å². The average molecular weight is 335 g/mol. The SMILES string of the molecule is CC(C)(C)[Si](C)(C)OC1COCCC1NC(=S)NC(=O)O. The molecule has 0 aliphatic carbocycles. The lowest BCUT2D eigenvalue weighted by Gasteiger charge is -2.43. The molecule has 0 saturated carbocycles. The highest BCUT2D eigenvalue weighted by atomic mass is 32.1. The van der Waals surface area contributed by atoms with E-state index in [-0.39, 0.29) is 22.3 Å². The van der Waals surface area contributed by atoms with Crippen molar-refractivity contribution in [1.29, 1.82) is 0 Å². The minimum atomic E-state index is -1.92. The Morgan fingerprint density at radius 2 is 2.05 bits per heavy atom. The van der Waals surface area contributed by atoms with Gasteiger partial charge in [-0.1, -0.05) is 20.8 Å². The maximum absolute atomic E-state index is 10.6. The molecule has 2 atom stereocenters. The van der Waals surface area contributed by atoms with Gasteiger partial charge in [-0.3, -0.25) is 5.32 Å². The van der Waals surface area contributed by atoms with Gasteiger partial charge in [-0.05, 0) is 36.8 Å². The first-order valence-electron chi connectivity index (χ1n) is 7.09. The van der Waals surface area contributed by atoms with Crippen LogP contribution < -0.4 is 10.6 Å². The number of nitrogens with one attached hydrogen (secondary N) is 2. The van der Waals surface area contributed by atoms with Crippen molar-refractivity contribution in [2.24, 2.45) is 0 Å². The van der Waals surface area contributed by atoms with Gasteiger partial charge < -0.3 is 19.6 Å². The molecular formula is C13H26N2O4SSi. The van der Waals surface area contributed by atoms with Crippen LogP contribution in [-0.4, -0.2) is 50.0 Å². The number of rotatable bonds is 3. The summed E-state index contributed by atoms with van der Waals surface area (Å²) < 4.78 is 11.9. The first kappa shape index (κ1) is 18.3. The van der Waals surface area contributed by atoms with Crippen LogP contribution in [0.3, 0.4) is 0 Å². The smallest absolute Gasteiger partial charge is 0.410 e. The summed E-state index contributed by atoms with van der Waals surface area (Å²) >= 11 is 4.99. The van der Waals surface area contributed by atoms with Crippen LogP contribution >= 0.6 is 12.2 Å². The highest BCUT2D eigenvalue weighted by Gasteiger charge is 2.41. The molecule has 8 heteroatoms. The molecule has 1 amide bonds. The Kier molecular flexibility index (Phi) is 6.15. The number of hydrogen-bond donors (Lipinski definition) is 3. The van der Waals surface area contributed by atoms with Crippen molar-refractivity contribution < 1.29 is 19.1 Å². The van der Waals surface area contributed by atoms with E-state index >= 15 is 0 Å². The van der Waals surface area contributed by atoms with Gasteiger partial charge in [0.15, 0.2) is 13.4 Å². The van der Waals surface area contributed by atoms with Crippen molar-refractivity contribution in [2.45, 2.75) is 57.5 Å². The van der Waals surface area contributed by atoms with Gasteiger partial charge in [0, 0.05) is 6.61 Å². The number of carboxylic acid groups (broad SMARTS) is 1. The Morgan fingerprint density at radius 1 is 1.43 bits per heavy atom. The van der Waals surface area contributed by atoms with E-state index in [1.807, 2.05) is 0 Å². The molecule has 0 aromatic heterocycles. The fourth-order valence-corrected chi connectivity index (χ4v) is 3.43. The number of ether oxygens (including phenoxy) is 1. The summed E-state index contributed by atoms with van der Waals surface area (Å²) in [6.45, 7) is 12.0. The lowest BCUT2D eigenvalue weighted by atomic mass is 10.1. The van der Waals surface area contributed by atoms with Gasteiger partial charge in [0.25, 0.3) is 0 Å². The third kappa shape index (κ3) is 5.53. The topological polar surface area (TPSA) is 79.8 Å². The van der Waals surface area contributed by atoms with E-state index in [1.54, 1.807) is 0 Å². The van der Waals surface area contributed by atoms with E-state index in [9.17, 15) is 4.79 Å². The summed E-state index contributed by atoms with van der Waals surface area (Å²) in [6, 6.07) is -0.0350. The van der Waals surface area contributed by atoms with Crippen molar-refractivity contribution in [3.05, 3.63) is 0 Å². The number of carbonyl (C=O) groups is 1. The molecule has 1 aliphatic heterocycles. The summed E-state index contributed by atoms with van der Waals surface area (Å²) in [5.74, 6) is 0. The predicted octanol–water partition coefficient (Wildman–Crippen LogP) is 2.31. The van der Waals surface area contributed by atoms with Crippen molar-refractivity contribution in [2.75, 3.05) is 13.2 Å². The molecule has 0 aromatic rings. The zero-order chi connectivity index (χ0) is 16.3. The van der Waals surface area contributed by atoms with E-state index in [0.717, 1.165) is 6.42 Å². The lowest BCUT2D eigenvalue weighted by molar-refractivity contribution is -0.0165. The van der Waals surface area contributed by atoms with Crippen LogP contribution in [0.15, 0.2) is 0 Å². The van der Waals surface area contributed by atoms with Crippen LogP contribution in [0.5, 0.6) is 0 Å². The molecule has 1 rings (SSSR count). The van der Waals surface area contributed by atoms with Gasteiger partial charge >= 0.3 is 6.09 Å². The van der Waals surface area contributed by atoms with Crippen LogP contribution in [0.1, 0.15) is 27.2 Å². The van der Waals surface area contributed by atoms with E-state index in [4.69, 9.17) is 26.5 Å². The van der Waals surface area contributed by atoms with Gasteiger partial charge in [0.1, 0.15) is 0 Å². The molecule has 0 bridgehead atoms. The maximum Gasteiger partial charge on any atom is 0.410 e. The summed E-state index contributed by atoms with van der Waals surface area (Å²) in [4.78, 5) is 10.6. The van der Waals surface area contributed by atoms with Gasteiger partial charge in [0.2, 0.25) is 0 Å². The largest absolute Gasteiger partial charge is 0.465 e. The minimum absolute atomic E-state index is 0.0350. The Balaban J connectivity index is 2.69. The first-order valence-corrected chi connectivity index (χ1v) is 10.4. The Labute approximate surface area is 132 Å². The van der Waals surface area contributed by atoms with E-state index in [2.05, 4.69) is 44.5 Å². The number of thiocarbonyl (C=S) groups is 1. The third-order valence-electron chi connectivity index (χ3n) is 4.09. The highest BCUT2D eigenvalue weighted by molar-refractivity contribution is 7.80. The highest BCUT2D eigenvalue weighted by Crippen LogP contribution is 2.38. The monoisotopic (exact) mass is 334 g/mol. The van der Waals surface area contributed by atoms with Gasteiger partial charge in [0.05, 0.1) is 18.8 Å². The molecule has 6 nitrogen and oxygen atoms in total. The zero-order valence-electron chi connectivity index (χ0n) is 13.4. The third-order valence-corrected chi connectivity index (χ3v) is 8.82. The van der Waals surface area contributed by atoms with Crippen LogP contribution in [0.4, 0.5) is 4.79 Å². The summed E-state index contributed by atoms with van der Waals surface area (Å²) in [7, 11) is -1.92. The molecule has 1 fully saturated rings. The van der Waals surface area contributed by atoms with Crippen molar-refractivity contribution in [3.8, 4) is 0 Å². The molecule has 1 heterocycles. The molecule has 0 aromatic carbocycles. The maximum atomic E-state index is 10.6. The molecule has 122 valence electrons. The number of hydrogen-bond acceptors (Lipinski definition) is 4. The van der Waals surface area contributed by atoms with Crippen molar-refractivity contribution >= 4 is 31.7 Å². The van der Waals surface area contributed by atoms with Crippen LogP contribution in [0, 0.1) is 0 Å². The molecular weight excluding hydrogens is 308 g/mol. The summed E-state index contributed by atoms with van der Waals surface area (Å²) in [5.41, 5.74) is 0. The molecule has 2 unspecified atom stereocenters. The van der Waals surface area contributed by atoms with Crippen LogP contribution in [0.25, 0.3) is 0 Å². The predicted molar refractivity (Wildman–Crippen MR) is 88.2 cm³/mol. The average Bonchev–Trinajstić information content (AvgIpc) is 2.28. The zero-order valence-corrected chi connectivity index (χ0v) is 15.2. The molecule has 1 saturated heterocycles. The Bertz CT molecular complexity index is 398. The van der Waals surface area contributed by atoms with E-state index < -0.39 is 14.4 Å². The minimum Gasteiger partial charge on any atom is -0.465 e. The Hall–Kier alpha value is -0.703. The van der Waals surface area contributed by atoms with Gasteiger partial charge in [-0.15, -0.1) is 0 Å². The van der Waals surface area contributed by atoms with Gasteiger partial charge in [-0.2, -0.15) is 0 Å². The fraction of sp³-hybridized carbons (Fsp3) is 0.846. The number of amides is 1. The van der Waals surface area contributed by atoms with Crippen molar-refractivity contribution in [3.63, 3.8) is 0 Å². The second-order valence-corrected chi connectivity index (χ2v) is 12.0. The summed E-state index contributed by atoms with van der Waals surface area (Å²) in [5, 5.41) is 14.1. The van der Waals surface area contributed by atoms with Crippen LogP contribution in [-0.2, 0) is 9.16 Å². The van der Waals surface area contributed by atoms with Crippen molar-refractivity contribution in [1.82, 2.24) is 10.6 Å². The standard InChI is InChI=1S/C13H26N2O4SSi/c1-13(2,3)21(4,5)19-10-8-18-7-6-9(10)14-11(20)15-12(16)17/h9-10H,6-8H2,1-5H3,(H,16,17)(H2,14,15,20). The second kappa shape index (κ2) is 7.04. The fourth-order valence-electron chi connectivity index (χ4n) is 1.85. The Morgan fingerprint density at radius 3 is 2.57 bits per heavy atom. The summed E-state index contributed by atoms with van der Waals surface area (Å²) in [6.07, 6.45) is -0.546. The molecule has 0 spiro atoms. The van der Waals surface area contributed by atoms with Crippen LogP contribution in [0.2, 0.25) is 18.1 Å². The normalized spacial score (nSPS) is 23.5. The van der Waals surface area contributed by atoms with Gasteiger partial charge in [-0.25, -0.2) is 4.79 Å². The molecule has 21 heavy (non-hydrogen) atoms. The molecule has 0 radical (unpaired) electrons. The quantitative estimate of drug-likeness (QED) is 0.543. The molecule has 1 aliphatic rings. The lowest BCUT2D eigenvalue weighted by Crippen LogP contribution is -2.57. The second-order valence-electron chi connectivity index (χ2n) is 6.79. The first-order chi connectivity index (χ1) is 9.53. The molecule has 3 N–H and O–H groups in total. The van der Waals surface area contributed by atoms with E-state index in [0.29, 0.717) is 13.2 Å².